The zero-order chi connectivity index (χ0) is 19.3. The second-order valence-electron chi connectivity index (χ2n) is 8.35. The first-order chi connectivity index (χ1) is 13.7. The second-order valence-corrected chi connectivity index (χ2v) is 8.35. The van der Waals surface area contributed by atoms with Crippen LogP contribution in [0.25, 0.3) is 0 Å². The van der Waals surface area contributed by atoms with Crippen molar-refractivity contribution in [3.05, 3.63) is 65.5 Å². The highest BCUT2D eigenvalue weighted by molar-refractivity contribution is 5.95. The molecule has 2 saturated heterocycles. The maximum Gasteiger partial charge on any atom is 0.255 e. The Morgan fingerprint density at radius 1 is 1.00 bits per heavy atom. The van der Waals surface area contributed by atoms with E-state index in [4.69, 9.17) is 0 Å². The van der Waals surface area contributed by atoms with E-state index in [0.29, 0.717) is 5.92 Å². The van der Waals surface area contributed by atoms with Crippen molar-refractivity contribution in [1.29, 1.82) is 0 Å². The molecule has 4 rings (SSSR count). The first kappa shape index (κ1) is 19.1. The zero-order valence-electron chi connectivity index (χ0n) is 16.9. The van der Waals surface area contributed by atoms with Gasteiger partial charge in [0.2, 0.25) is 0 Å². The van der Waals surface area contributed by atoms with Crippen molar-refractivity contribution >= 4 is 5.91 Å². The van der Waals surface area contributed by atoms with Gasteiger partial charge in [-0.25, -0.2) is 0 Å². The highest BCUT2D eigenvalue weighted by atomic mass is 16.2. The summed E-state index contributed by atoms with van der Waals surface area (Å²) in [5, 5.41) is 0. The van der Waals surface area contributed by atoms with E-state index < -0.39 is 0 Å². The summed E-state index contributed by atoms with van der Waals surface area (Å²) in [4.78, 5) is 21.8. The van der Waals surface area contributed by atoms with E-state index in [1.807, 2.05) is 19.1 Å². The molecule has 28 heavy (non-hydrogen) atoms. The number of hydrogen-bond donors (Lipinski definition) is 0. The van der Waals surface area contributed by atoms with Crippen molar-refractivity contribution < 1.29 is 4.79 Å². The standard InChI is InChI=1S/C24H31N3O/c1-19-23(8-5-13-25-19)24(28)27-17-12-22(18-27)21-10-15-26(16-11-21)14-9-20-6-3-2-4-7-20/h2-8,13,21-22H,9-12,14-18H2,1H3/t22-/m0/s1. The summed E-state index contributed by atoms with van der Waals surface area (Å²) in [5.74, 6) is 1.59. The molecule has 1 atom stereocenters. The molecule has 2 aromatic rings. The van der Waals surface area contributed by atoms with Crippen LogP contribution in [0.15, 0.2) is 48.7 Å². The Morgan fingerprint density at radius 2 is 1.75 bits per heavy atom. The lowest BCUT2D eigenvalue weighted by Crippen LogP contribution is -2.38. The van der Waals surface area contributed by atoms with Crippen LogP contribution >= 0.6 is 0 Å². The minimum atomic E-state index is 0.161. The number of hydrogen-bond acceptors (Lipinski definition) is 3. The largest absolute Gasteiger partial charge is 0.338 e. The lowest BCUT2D eigenvalue weighted by molar-refractivity contribution is 0.0773. The molecule has 4 heteroatoms. The van der Waals surface area contributed by atoms with Crippen LogP contribution in [0.1, 0.15) is 40.9 Å². The molecule has 1 aromatic heterocycles. The fraction of sp³-hybridized carbons (Fsp3) is 0.500. The Balaban J connectivity index is 1.24. The molecule has 0 radical (unpaired) electrons. The average molecular weight is 378 g/mol. The van der Waals surface area contributed by atoms with Gasteiger partial charge in [0.25, 0.3) is 5.91 Å². The molecule has 0 N–H and O–H groups in total. The fourth-order valence-electron chi connectivity index (χ4n) is 4.82. The van der Waals surface area contributed by atoms with Crippen molar-refractivity contribution in [3.8, 4) is 0 Å². The Kier molecular flexibility index (Phi) is 6.06. The number of amides is 1. The Morgan fingerprint density at radius 3 is 2.50 bits per heavy atom. The summed E-state index contributed by atoms with van der Waals surface area (Å²) >= 11 is 0. The molecule has 4 nitrogen and oxygen atoms in total. The summed E-state index contributed by atoms with van der Waals surface area (Å²) in [7, 11) is 0. The molecule has 2 aliphatic rings. The van der Waals surface area contributed by atoms with Gasteiger partial charge >= 0.3 is 0 Å². The molecular weight excluding hydrogens is 346 g/mol. The van der Waals surface area contributed by atoms with Gasteiger partial charge in [0.15, 0.2) is 0 Å². The number of likely N-dealkylation sites (tertiary alicyclic amines) is 2. The summed E-state index contributed by atoms with van der Waals surface area (Å²) in [5.41, 5.74) is 3.03. The molecule has 1 amide bonds. The van der Waals surface area contributed by atoms with Crippen LogP contribution in [0.2, 0.25) is 0 Å². The van der Waals surface area contributed by atoms with Gasteiger partial charge in [-0.3, -0.25) is 9.78 Å². The van der Waals surface area contributed by atoms with Crippen LogP contribution in [-0.2, 0) is 6.42 Å². The van der Waals surface area contributed by atoms with Gasteiger partial charge in [-0.2, -0.15) is 0 Å². The predicted molar refractivity (Wildman–Crippen MR) is 112 cm³/mol. The highest BCUT2D eigenvalue weighted by Gasteiger charge is 2.34. The third-order valence-electron chi connectivity index (χ3n) is 6.61. The predicted octanol–water partition coefficient (Wildman–Crippen LogP) is 3.81. The number of pyridine rings is 1. The monoisotopic (exact) mass is 377 g/mol. The van der Waals surface area contributed by atoms with Crippen molar-refractivity contribution in [2.75, 3.05) is 32.7 Å². The quantitative estimate of drug-likeness (QED) is 0.795. The molecule has 2 fully saturated rings. The van der Waals surface area contributed by atoms with E-state index in [2.05, 4.69) is 45.1 Å². The summed E-state index contributed by atoms with van der Waals surface area (Å²) in [6, 6.07) is 14.5. The van der Waals surface area contributed by atoms with E-state index in [1.165, 1.54) is 31.5 Å². The van der Waals surface area contributed by atoms with Crippen molar-refractivity contribution in [1.82, 2.24) is 14.8 Å². The first-order valence-electron chi connectivity index (χ1n) is 10.7. The van der Waals surface area contributed by atoms with Crippen LogP contribution in [-0.4, -0.2) is 53.4 Å². The number of carbonyl (C=O) groups excluding carboxylic acids is 1. The molecule has 148 valence electrons. The molecule has 2 aliphatic heterocycles. The number of rotatable bonds is 5. The summed E-state index contributed by atoms with van der Waals surface area (Å²) in [6.45, 7) is 7.29. The topological polar surface area (TPSA) is 36.4 Å². The van der Waals surface area contributed by atoms with Crippen LogP contribution in [0.4, 0.5) is 0 Å². The molecule has 0 saturated carbocycles. The van der Waals surface area contributed by atoms with Crippen molar-refractivity contribution in [2.24, 2.45) is 11.8 Å². The molecule has 0 unspecified atom stereocenters. The minimum Gasteiger partial charge on any atom is -0.338 e. The molecule has 3 heterocycles. The van der Waals surface area contributed by atoms with Crippen LogP contribution in [0, 0.1) is 18.8 Å². The number of aromatic nitrogens is 1. The Labute approximate surface area is 168 Å². The Hall–Kier alpha value is -2.20. The number of carbonyl (C=O) groups is 1. The number of aryl methyl sites for hydroxylation is 1. The highest BCUT2D eigenvalue weighted by Crippen LogP contribution is 2.32. The van der Waals surface area contributed by atoms with Gasteiger partial charge in [0, 0.05) is 31.5 Å². The van der Waals surface area contributed by atoms with Gasteiger partial charge < -0.3 is 9.80 Å². The average Bonchev–Trinajstić information content (AvgIpc) is 3.23. The van der Waals surface area contributed by atoms with Gasteiger partial charge in [0.1, 0.15) is 0 Å². The van der Waals surface area contributed by atoms with E-state index in [9.17, 15) is 4.79 Å². The normalized spacial score (nSPS) is 21.2. The maximum absolute atomic E-state index is 12.8. The van der Waals surface area contributed by atoms with E-state index in [0.717, 1.165) is 49.7 Å². The molecule has 0 spiro atoms. The van der Waals surface area contributed by atoms with Crippen LogP contribution < -0.4 is 0 Å². The lowest BCUT2D eigenvalue weighted by atomic mass is 9.83. The third-order valence-corrected chi connectivity index (χ3v) is 6.61. The minimum absolute atomic E-state index is 0.161. The maximum atomic E-state index is 12.8. The van der Waals surface area contributed by atoms with Crippen LogP contribution in [0.3, 0.4) is 0 Å². The third kappa shape index (κ3) is 4.44. The molecular formula is C24H31N3O. The Bertz CT molecular complexity index is 783. The van der Waals surface area contributed by atoms with Gasteiger partial charge in [-0.05, 0) is 75.2 Å². The SMILES string of the molecule is Cc1ncccc1C(=O)N1CC[C@H](C2CCN(CCc3ccccc3)CC2)C1. The van der Waals surface area contributed by atoms with E-state index >= 15 is 0 Å². The van der Waals surface area contributed by atoms with E-state index in [-0.39, 0.29) is 5.91 Å². The number of piperidine rings is 1. The van der Waals surface area contributed by atoms with Crippen molar-refractivity contribution in [2.45, 2.75) is 32.6 Å². The first-order valence-corrected chi connectivity index (χ1v) is 10.7. The number of benzene rings is 1. The molecule has 1 aromatic carbocycles. The smallest absolute Gasteiger partial charge is 0.255 e. The van der Waals surface area contributed by atoms with Gasteiger partial charge in [0.05, 0.1) is 5.56 Å². The summed E-state index contributed by atoms with van der Waals surface area (Å²) in [6.07, 6.45) is 6.59. The van der Waals surface area contributed by atoms with Gasteiger partial charge in [-0.15, -0.1) is 0 Å². The van der Waals surface area contributed by atoms with Crippen molar-refractivity contribution in [3.63, 3.8) is 0 Å². The molecule has 0 bridgehead atoms. The van der Waals surface area contributed by atoms with E-state index in [1.54, 1.807) is 6.20 Å². The molecule has 0 aliphatic carbocycles. The second kappa shape index (κ2) is 8.87. The summed E-state index contributed by atoms with van der Waals surface area (Å²) < 4.78 is 0. The fourth-order valence-corrected chi connectivity index (χ4v) is 4.82. The lowest BCUT2D eigenvalue weighted by Gasteiger charge is -2.34. The number of nitrogens with zero attached hydrogens (tertiary/aromatic N) is 3. The van der Waals surface area contributed by atoms with Crippen LogP contribution in [0.5, 0.6) is 0 Å². The zero-order valence-corrected chi connectivity index (χ0v) is 16.9. The van der Waals surface area contributed by atoms with Gasteiger partial charge in [-0.1, -0.05) is 30.3 Å².